The van der Waals surface area contributed by atoms with E-state index in [0.717, 1.165) is 12.1 Å². The topological polar surface area (TPSA) is 350 Å². The quantitative estimate of drug-likeness (QED) is 0.104. The van der Waals surface area contributed by atoms with Gasteiger partial charge in [-0.15, -0.1) is 0 Å². The van der Waals surface area contributed by atoms with Crippen LogP contribution in [0.1, 0.15) is 11.1 Å². The van der Waals surface area contributed by atoms with Crippen LogP contribution in [0.25, 0.3) is 0 Å². The third-order valence-electron chi connectivity index (χ3n) is 7.34. The minimum Gasteiger partial charge on any atom is -0.282 e. The van der Waals surface area contributed by atoms with Gasteiger partial charge in [-0.1, -0.05) is 12.1 Å². The lowest BCUT2D eigenvalue weighted by Gasteiger charge is -2.34. The minimum atomic E-state index is -5.22. The molecule has 2 aliphatic rings. The molecule has 2 unspecified atom stereocenters. The van der Waals surface area contributed by atoms with Gasteiger partial charge in [0, 0.05) is 13.1 Å². The van der Waals surface area contributed by atoms with Gasteiger partial charge in [-0.25, -0.2) is 9.59 Å². The van der Waals surface area contributed by atoms with Crippen LogP contribution in [0, 0.1) is 11.8 Å². The van der Waals surface area contributed by atoms with Gasteiger partial charge in [-0.3, -0.25) is 57.8 Å². The first kappa shape index (κ1) is 38.1. The third kappa shape index (κ3) is 8.02. The second-order valence-corrected chi connectivity index (χ2v) is 16.1. The molecule has 26 heteroatoms. The summed E-state index contributed by atoms with van der Waals surface area (Å²) < 4.78 is 131. The Bertz CT molecular complexity index is 2160. The highest BCUT2D eigenvalue weighted by Gasteiger charge is 2.44. The van der Waals surface area contributed by atoms with Crippen molar-refractivity contribution in [2.24, 2.45) is 11.8 Å². The second kappa shape index (κ2) is 13.2. The van der Waals surface area contributed by atoms with E-state index in [1.807, 2.05) is 0 Å². The summed E-state index contributed by atoms with van der Waals surface area (Å²) >= 11 is 0. The molecule has 50 heavy (non-hydrogen) atoms. The fourth-order valence-electron chi connectivity index (χ4n) is 4.95. The summed E-state index contributed by atoms with van der Waals surface area (Å²) in [5.41, 5.74) is -0.993. The van der Waals surface area contributed by atoms with Gasteiger partial charge in [0.25, 0.3) is 40.5 Å². The number of hydrogen-bond donors (Lipinski definition) is 6. The number of nitrogens with one attached hydrogen (secondary N) is 2. The summed E-state index contributed by atoms with van der Waals surface area (Å²) in [4.78, 5) is 73.4. The van der Waals surface area contributed by atoms with Gasteiger partial charge in [-0.2, -0.15) is 33.7 Å². The summed E-state index contributed by atoms with van der Waals surface area (Å²) in [6.45, 7) is -1.69. The van der Waals surface area contributed by atoms with Crippen molar-refractivity contribution in [1.29, 1.82) is 0 Å². The Labute approximate surface area is 281 Å². The minimum absolute atomic E-state index is 0.336. The normalized spacial score (nSPS) is 19.4. The fourth-order valence-corrected chi connectivity index (χ4v) is 7.63. The molecule has 270 valence electrons. The van der Waals surface area contributed by atoms with Crippen LogP contribution in [-0.4, -0.2) is 110 Å². The molecule has 2 aromatic rings. The van der Waals surface area contributed by atoms with Crippen molar-refractivity contribution >= 4 is 76.2 Å². The number of barbiturate groups is 2. The van der Waals surface area contributed by atoms with Gasteiger partial charge in [0.2, 0.25) is 23.6 Å². The lowest BCUT2D eigenvalue weighted by atomic mass is 9.95. The lowest BCUT2D eigenvalue weighted by Crippen LogP contribution is -2.62. The van der Waals surface area contributed by atoms with Gasteiger partial charge in [0.05, 0.1) is 19.6 Å². The van der Waals surface area contributed by atoms with Crippen molar-refractivity contribution in [1.82, 2.24) is 20.4 Å². The van der Waals surface area contributed by atoms with E-state index in [1.54, 1.807) is 10.6 Å². The molecule has 0 saturated carbocycles. The van der Waals surface area contributed by atoms with Crippen LogP contribution in [0.3, 0.4) is 0 Å². The summed E-state index contributed by atoms with van der Waals surface area (Å²) in [5, 5.41) is 3.60. The van der Waals surface area contributed by atoms with E-state index in [4.69, 9.17) is 0 Å². The van der Waals surface area contributed by atoms with E-state index >= 15 is 0 Å². The van der Waals surface area contributed by atoms with Crippen LogP contribution in [0.2, 0.25) is 0 Å². The molecule has 0 bridgehead atoms. The Kier molecular flexibility index (Phi) is 10.1. The van der Waals surface area contributed by atoms with E-state index in [2.05, 4.69) is 0 Å². The molecule has 0 aliphatic carbocycles. The molecule has 6 N–H and O–H groups in total. The van der Waals surface area contributed by atoms with Crippen molar-refractivity contribution < 1.29 is 80.6 Å². The van der Waals surface area contributed by atoms with Crippen molar-refractivity contribution in [2.75, 3.05) is 13.1 Å². The molecule has 22 nitrogen and oxygen atoms in total. The number of carbonyl (C=O) groups is 6. The number of amides is 8. The number of benzene rings is 2. The van der Waals surface area contributed by atoms with Gasteiger partial charge >= 0.3 is 12.1 Å². The molecule has 0 radical (unpaired) electrons. The van der Waals surface area contributed by atoms with Gasteiger partial charge in [0.15, 0.2) is 0 Å². The third-order valence-corrected chi connectivity index (χ3v) is 10.9. The maximum absolute atomic E-state index is 13.3. The van der Waals surface area contributed by atoms with Gasteiger partial charge < -0.3 is 0 Å². The first-order chi connectivity index (χ1) is 22.8. The zero-order chi connectivity index (χ0) is 37.7. The van der Waals surface area contributed by atoms with Crippen molar-refractivity contribution in [3.8, 4) is 0 Å². The number of imide groups is 4. The molecule has 0 spiro atoms. The van der Waals surface area contributed by atoms with Crippen molar-refractivity contribution in [3.63, 3.8) is 0 Å². The molecule has 2 aliphatic heterocycles. The van der Waals surface area contributed by atoms with Crippen LogP contribution < -0.4 is 10.6 Å². The average molecular weight is 783 g/mol. The molecule has 2 heterocycles. The van der Waals surface area contributed by atoms with Gasteiger partial charge in [0.1, 0.15) is 11.8 Å². The smallest absolute Gasteiger partial charge is 0.282 e. The largest absolute Gasteiger partial charge is 0.330 e. The number of rotatable bonds is 11. The molecular weight excluding hydrogens is 761 g/mol. The van der Waals surface area contributed by atoms with E-state index in [-0.39, 0.29) is 0 Å². The zero-order valence-corrected chi connectivity index (χ0v) is 27.7. The van der Waals surface area contributed by atoms with Crippen LogP contribution in [0.15, 0.2) is 56.0 Å². The number of urea groups is 2. The molecule has 4 rings (SSSR count). The monoisotopic (exact) mass is 782 g/mol. The highest BCUT2D eigenvalue weighted by molar-refractivity contribution is 7.87. The van der Waals surface area contributed by atoms with E-state index in [1.165, 1.54) is 0 Å². The predicted octanol–water partition coefficient (Wildman–Crippen LogP) is -2.15. The second-order valence-electron chi connectivity index (χ2n) is 10.5. The van der Waals surface area contributed by atoms with Gasteiger partial charge in [-0.05, 0) is 48.2 Å². The molecule has 2 saturated heterocycles. The molecular formula is C24H22N4O18S4. The Hall–Kier alpha value is -4.70. The summed E-state index contributed by atoms with van der Waals surface area (Å²) in [5.74, 6) is -8.96. The fraction of sp³-hybridized carbons (Fsp3) is 0.250. The molecule has 2 fully saturated rings. The van der Waals surface area contributed by atoms with E-state index < -0.39 is 145 Å². The van der Waals surface area contributed by atoms with Crippen LogP contribution in [-0.2, 0) is 72.5 Å². The first-order valence-electron chi connectivity index (χ1n) is 13.3. The molecule has 2 atom stereocenters. The first-order valence-corrected chi connectivity index (χ1v) is 19.0. The highest BCUT2D eigenvalue weighted by atomic mass is 32.2. The number of nitrogens with zero attached hydrogens (tertiary/aromatic N) is 2. The molecule has 0 aromatic heterocycles. The number of hydrogen-bond acceptors (Lipinski definition) is 14. The Morgan fingerprint density at radius 2 is 0.840 bits per heavy atom. The maximum Gasteiger partial charge on any atom is 0.330 e. The van der Waals surface area contributed by atoms with E-state index in [0.29, 0.717) is 34.1 Å². The van der Waals surface area contributed by atoms with Crippen LogP contribution in [0.4, 0.5) is 9.59 Å². The van der Waals surface area contributed by atoms with Crippen LogP contribution >= 0.6 is 0 Å². The summed E-state index contributed by atoms with van der Waals surface area (Å²) in [6.07, 6.45) is -1.72. The Balaban J connectivity index is 1.57. The summed E-state index contributed by atoms with van der Waals surface area (Å²) in [6, 6.07) is 0.934. The standard InChI is InChI=1S/C24H22N4O18S4/c29-19-15(7-11-1-3-13(47(35,36)37)9-17(11)49(41,42)43)21(31)27(23(33)25-19)5-6-28-22(32)16(20(30)26-24(28)34)8-12-2-4-14(48(38,39)40)10-18(12)50(44,45)46/h1-4,9-10,15-16H,5-8H2,(H,25,29,33)(H,26,30,34)(H,35,36,37)(H,38,39,40)(H,41,42,43)(H,44,45,46). The number of carbonyl (C=O) groups excluding carboxylic acids is 6. The maximum atomic E-state index is 13.3. The molecule has 2 aromatic carbocycles. The zero-order valence-electron chi connectivity index (χ0n) is 24.5. The molecule has 8 amide bonds. The lowest BCUT2D eigenvalue weighted by molar-refractivity contribution is -0.146. The average Bonchev–Trinajstić information content (AvgIpc) is 2.96. The van der Waals surface area contributed by atoms with E-state index in [9.17, 15) is 80.6 Å². The highest BCUT2D eigenvalue weighted by Crippen LogP contribution is 2.27. The summed E-state index contributed by atoms with van der Waals surface area (Å²) in [7, 11) is -20.4. The predicted molar refractivity (Wildman–Crippen MR) is 157 cm³/mol. The van der Waals surface area contributed by atoms with Crippen LogP contribution in [0.5, 0.6) is 0 Å². The van der Waals surface area contributed by atoms with Crippen molar-refractivity contribution in [3.05, 3.63) is 47.5 Å². The Morgan fingerprint density at radius 3 is 1.12 bits per heavy atom. The SMILES string of the molecule is O=C1NC(=O)N(CCN2C(=O)NC(=O)C(Cc3ccc(S(=O)(=O)O)cc3S(=O)(=O)O)C2=O)C(=O)C1Cc1ccc(S(=O)(=O)O)cc1S(=O)(=O)O. The Morgan fingerprint density at radius 1 is 0.520 bits per heavy atom. The van der Waals surface area contributed by atoms with Crippen molar-refractivity contribution in [2.45, 2.75) is 32.4 Å².